The Morgan fingerprint density at radius 3 is 2.00 bits per heavy atom. The Morgan fingerprint density at radius 2 is 1.43 bits per heavy atom. The van der Waals surface area contributed by atoms with Gasteiger partial charge in [-0.15, -0.1) is 0 Å². The summed E-state index contributed by atoms with van der Waals surface area (Å²) in [7, 11) is 0. The molecule has 0 aliphatic rings. The van der Waals surface area contributed by atoms with Crippen molar-refractivity contribution in [3.63, 3.8) is 0 Å². The molecule has 2 nitrogen and oxygen atoms in total. The van der Waals surface area contributed by atoms with Crippen LogP contribution >= 0.6 is 15.9 Å². The van der Waals surface area contributed by atoms with Crippen molar-refractivity contribution in [1.29, 1.82) is 0 Å². The minimum Gasteiger partial charge on any atom is -0.494 e. The molecule has 3 heteroatoms. The molecule has 0 radical (unpaired) electrons. The van der Waals surface area contributed by atoms with Gasteiger partial charge < -0.3 is 9.47 Å². The van der Waals surface area contributed by atoms with E-state index in [-0.39, 0.29) is 0 Å². The van der Waals surface area contributed by atoms with E-state index >= 15 is 0 Å². The first-order valence-corrected chi connectivity index (χ1v) is 8.81. The third kappa shape index (κ3) is 5.24. The maximum absolute atomic E-state index is 5.82. The molecule has 0 unspecified atom stereocenters. The van der Waals surface area contributed by atoms with E-state index in [2.05, 4.69) is 47.1 Å². The highest BCUT2D eigenvalue weighted by molar-refractivity contribution is 9.09. The zero-order valence-electron chi connectivity index (χ0n) is 12.6. The average Bonchev–Trinajstić information content (AvgIpc) is 2.52. The molecule has 0 saturated heterocycles. The van der Waals surface area contributed by atoms with E-state index in [4.69, 9.17) is 9.47 Å². The lowest BCUT2D eigenvalue weighted by molar-refractivity contribution is 0.305. The Labute approximate surface area is 135 Å². The number of rotatable bonds is 9. The Balaban J connectivity index is 1.95. The predicted molar refractivity (Wildman–Crippen MR) is 92.9 cm³/mol. The van der Waals surface area contributed by atoms with Crippen LogP contribution in [0.25, 0.3) is 10.8 Å². The second-order valence-corrected chi connectivity index (χ2v) is 5.91. The number of ether oxygens (including phenoxy) is 2. The molecule has 114 valence electrons. The van der Waals surface area contributed by atoms with Gasteiger partial charge in [-0.25, -0.2) is 0 Å². The van der Waals surface area contributed by atoms with Crippen molar-refractivity contribution in [2.24, 2.45) is 0 Å². The second-order valence-electron chi connectivity index (χ2n) is 5.12. The molecule has 0 bridgehead atoms. The molecule has 2 rings (SSSR count). The summed E-state index contributed by atoms with van der Waals surface area (Å²) in [4.78, 5) is 0. The van der Waals surface area contributed by atoms with Gasteiger partial charge in [0.2, 0.25) is 0 Å². The van der Waals surface area contributed by atoms with E-state index in [0.717, 1.165) is 29.9 Å². The molecule has 2 aromatic carbocycles. The quantitative estimate of drug-likeness (QED) is 0.434. The van der Waals surface area contributed by atoms with E-state index in [0.29, 0.717) is 6.61 Å². The third-order valence-electron chi connectivity index (χ3n) is 3.40. The normalized spacial score (nSPS) is 10.8. The predicted octanol–water partition coefficient (Wildman–Crippen LogP) is 5.57. The Morgan fingerprint density at radius 1 is 0.810 bits per heavy atom. The number of halogens is 1. The molecular formula is C18H23BrO2. The van der Waals surface area contributed by atoms with Crippen molar-refractivity contribution in [2.45, 2.75) is 32.6 Å². The maximum atomic E-state index is 5.82. The van der Waals surface area contributed by atoms with Gasteiger partial charge in [0.1, 0.15) is 11.5 Å². The van der Waals surface area contributed by atoms with E-state index in [9.17, 15) is 0 Å². The highest BCUT2D eigenvalue weighted by atomic mass is 79.9. The summed E-state index contributed by atoms with van der Waals surface area (Å²) < 4.78 is 11.4. The number of benzene rings is 2. The number of hydrogen-bond donors (Lipinski definition) is 0. The van der Waals surface area contributed by atoms with E-state index in [1.54, 1.807) is 0 Å². The summed E-state index contributed by atoms with van der Waals surface area (Å²) in [6, 6.07) is 12.4. The monoisotopic (exact) mass is 350 g/mol. The van der Waals surface area contributed by atoms with E-state index in [1.165, 1.54) is 30.0 Å². The van der Waals surface area contributed by atoms with Gasteiger partial charge in [0.15, 0.2) is 0 Å². The van der Waals surface area contributed by atoms with Crippen molar-refractivity contribution in [2.75, 3.05) is 18.5 Å². The summed E-state index contributed by atoms with van der Waals surface area (Å²) in [5.41, 5.74) is 0. The summed E-state index contributed by atoms with van der Waals surface area (Å²) in [6.45, 7) is 3.71. The summed E-state index contributed by atoms with van der Waals surface area (Å²) in [5, 5.41) is 3.21. The van der Waals surface area contributed by atoms with Crippen LogP contribution in [0.15, 0.2) is 36.4 Å². The molecule has 0 aliphatic heterocycles. The van der Waals surface area contributed by atoms with Gasteiger partial charge >= 0.3 is 0 Å². The SMILES string of the molecule is CCCCCCOc1ccc2cc(OCCBr)ccc2c1. The fourth-order valence-electron chi connectivity index (χ4n) is 2.26. The van der Waals surface area contributed by atoms with Gasteiger partial charge in [-0.1, -0.05) is 54.2 Å². The lowest BCUT2D eigenvalue weighted by Gasteiger charge is -2.09. The Bertz CT molecular complexity index is 554. The average molecular weight is 351 g/mol. The van der Waals surface area contributed by atoms with Crippen LogP contribution in [0.3, 0.4) is 0 Å². The molecule has 0 fully saturated rings. The molecule has 0 spiro atoms. The first kappa shape index (κ1) is 16.2. The van der Waals surface area contributed by atoms with Crippen LogP contribution in [-0.2, 0) is 0 Å². The Kier molecular flexibility index (Phi) is 6.87. The minimum absolute atomic E-state index is 0.685. The zero-order valence-corrected chi connectivity index (χ0v) is 14.2. The number of hydrogen-bond acceptors (Lipinski definition) is 2. The zero-order chi connectivity index (χ0) is 14.9. The van der Waals surface area contributed by atoms with Gasteiger partial charge in [0, 0.05) is 5.33 Å². The van der Waals surface area contributed by atoms with Crippen LogP contribution in [0.5, 0.6) is 11.5 Å². The third-order valence-corrected chi connectivity index (χ3v) is 3.72. The van der Waals surface area contributed by atoms with Crippen LogP contribution in [0.2, 0.25) is 0 Å². The van der Waals surface area contributed by atoms with Crippen LogP contribution in [0.1, 0.15) is 32.6 Å². The molecular weight excluding hydrogens is 328 g/mol. The second kappa shape index (κ2) is 8.93. The molecule has 0 aliphatic carbocycles. The smallest absolute Gasteiger partial charge is 0.119 e. The number of unbranched alkanes of at least 4 members (excludes halogenated alkanes) is 3. The molecule has 0 atom stereocenters. The topological polar surface area (TPSA) is 18.5 Å². The van der Waals surface area contributed by atoms with Crippen LogP contribution < -0.4 is 9.47 Å². The summed E-state index contributed by atoms with van der Waals surface area (Å²) in [6.07, 6.45) is 4.93. The first-order chi connectivity index (χ1) is 10.3. The van der Waals surface area contributed by atoms with Crippen molar-refractivity contribution >= 4 is 26.7 Å². The highest BCUT2D eigenvalue weighted by Crippen LogP contribution is 2.25. The lowest BCUT2D eigenvalue weighted by Crippen LogP contribution is -1.98. The highest BCUT2D eigenvalue weighted by Gasteiger charge is 2.00. The first-order valence-electron chi connectivity index (χ1n) is 7.69. The number of alkyl halides is 1. The van der Waals surface area contributed by atoms with Gasteiger partial charge in [-0.2, -0.15) is 0 Å². The molecule has 21 heavy (non-hydrogen) atoms. The van der Waals surface area contributed by atoms with E-state index < -0.39 is 0 Å². The van der Waals surface area contributed by atoms with E-state index in [1.807, 2.05) is 12.1 Å². The van der Waals surface area contributed by atoms with Gasteiger partial charge in [-0.3, -0.25) is 0 Å². The number of fused-ring (bicyclic) bond motifs is 1. The largest absolute Gasteiger partial charge is 0.494 e. The van der Waals surface area contributed by atoms with Crippen LogP contribution in [0.4, 0.5) is 0 Å². The van der Waals surface area contributed by atoms with Gasteiger partial charge in [0.05, 0.1) is 13.2 Å². The molecule has 0 amide bonds. The maximum Gasteiger partial charge on any atom is 0.119 e. The fraction of sp³-hybridized carbons (Fsp3) is 0.444. The van der Waals surface area contributed by atoms with Crippen LogP contribution in [-0.4, -0.2) is 18.5 Å². The van der Waals surface area contributed by atoms with Crippen molar-refractivity contribution in [1.82, 2.24) is 0 Å². The lowest BCUT2D eigenvalue weighted by atomic mass is 10.1. The van der Waals surface area contributed by atoms with Crippen molar-refractivity contribution in [3.8, 4) is 11.5 Å². The van der Waals surface area contributed by atoms with Crippen molar-refractivity contribution < 1.29 is 9.47 Å². The molecule has 0 N–H and O–H groups in total. The van der Waals surface area contributed by atoms with Gasteiger partial charge in [-0.05, 0) is 41.5 Å². The molecule has 0 heterocycles. The van der Waals surface area contributed by atoms with Gasteiger partial charge in [0.25, 0.3) is 0 Å². The summed E-state index contributed by atoms with van der Waals surface area (Å²) in [5.74, 6) is 1.86. The Hall–Kier alpha value is -1.22. The van der Waals surface area contributed by atoms with Crippen molar-refractivity contribution in [3.05, 3.63) is 36.4 Å². The summed E-state index contributed by atoms with van der Waals surface area (Å²) >= 11 is 3.36. The standard InChI is InChI=1S/C18H23BrO2/c1-2-3-4-5-11-20-17-8-6-16-14-18(21-12-10-19)9-7-15(16)13-17/h6-9,13-14H,2-5,10-12H2,1H3. The molecule has 0 aromatic heterocycles. The van der Waals surface area contributed by atoms with Crippen LogP contribution in [0, 0.1) is 0 Å². The minimum atomic E-state index is 0.685. The fourth-order valence-corrected chi connectivity index (χ4v) is 2.42. The molecule has 2 aromatic rings. The molecule has 0 saturated carbocycles.